The van der Waals surface area contributed by atoms with Crippen molar-refractivity contribution in [2.45, 2.75) is 45.6 Å². The van der Waals surface area contributed by atoms with Crippen LogP contribution in [-0.4, -0.2) is 29.1 Å². The van der Waals surface area contributed by atoms with Gasteiger partial charge in [-0.05, 0) is 62.4 Å². The molecule has 1 N–H and O–H groups in total. The molecule has 0 bridgehead atoms. The second-order valence-electron chi connectivity index (χ2n) is 7.99. The maximum absolute atomic E-state index is 12.2. The number of nitrogens with zero attached hydrogens (tertiary/aromatic N) is 3. The van der Waals surface area contributed by atoms with Crippen LogP contribution in [0.1, 0.15) is 61.5 Å². The molecular weight excluding hydrogens is 368 g/mol. The van der Waals surface area contributed by atoms with E-state index in [1.807, 2.05) is 6.07 Å². The third kappa shape index (κ3) is 4.29. The molecule has 0 aliphatic carbocycles. The predicted octanol–water partition coefficient (Wildman–Crippen LogP) is 4.47. The van der Waals surface area contributed by atoms with E-state index in [-0.39, 0.29) is 16.8 Å². The van der Waals surface area contributed by atoms with Gasteiger partial charge in [0.15, 0.2) is 0 Å². The van der Waals surface area contributed by atoms with Crippen molar-refractivity contribution in [3.63, 3.8) is 0 Å². The highest BCUT2D eigenvalue weighted by molar-refractivity contribution is 5.95. The standard InChI is InChI=1S/C22H26N4O3/c1-5-25-20-10-9-16(11-19(20)15(2)13-22(25,3)4)14-23-24-21(27)17-7-6-8-18(12-17)26(28)29/h6-12,14-15H,5,13H2,1-4H3,(H,24,27)/b23-14+. The second kappa shape index (κ2) is 8.03. The van der Waals surface area contributed by atoms with Gasteiger partial charge < -0.3 is 4.90 Å². The number of rotatable bonds is 5. The lowest BCUT2D eigenvalue weighted by atomic mass is 9.79. The van der Waals surface area contributed by atoms with Crippen LogP contribution in [0.4, 0.5) is 11.4 Å². The Bertz CT molecular complexity index is 968. The number of hydrogen-bond donors (Lipinski definition) is 1. The fourth-order valence-electron chi connectivity index (χ4n) is 4.18. The van der Waals surface area contributed by atoms with E-state index in [0.717, 1.165) is 18.5 Å². The van der Waals surface area contributed by atoms with E-state index in [9.17, 15) is 14.9 Å². The molecule has 152 valence electrons. The van der Waals surface area contributed by atoms with Crippen molar-refractivity contribution in [3.05, 3.63) is 69.3 Å². The number of nitro groups is 1. The first-order valence-corrected chi connectivity index (χ1v) is 9.72. The lowest BCUT2D eigenvalue weighted by molar-refractivity contribution is -0.384. The molecular formula is C22H26N4O3. The Morgan fingerprint density at radius 2 is 2.10 bits per heavy atom. The van der Waals surface area contributed by atoms with Crippen LogP contribution in [0.25, 0.3) is 0 Å². The van der Waals surface area contributed by atoms with Crippen LogP contribution in [-0.2, 0) is 0 Å². The number of hydrogen-bond acceptors (Lipinski definition) is 5. The molecule has 29 heavy (non-hydrogen) atoms. The smallest absolute Gasteiger partial charge is 0.271 e. The van der Waals surface area contributed by atoms with Gasteiger partial charge >= 0.3 is 0 Å². The van der Waals surface area contributed by atoms with Gasteiger partial charge in [-0.2, -0.15) is 5.10 Å². The lowest BCUT2D eigenvalue weighted by Crippen LogP contribution is -2.48. The molecule has 1 unspecified atom stereocenters. The number of benzene rings is 2. The van der Waals surface area contributed by atoms with Crippen molar-refractivity contribution >= 4 is 23.5 Å². The van der Waals surface area contributed by atoms with Crippen LogP contribution in [0.2, 0.25) is 0 Å². The predicted molar refractivity (Wildman–Crippen MR) is 115 cm³/mol. The minimum absolute atomic E-state index is 0.114. The van der Waals surface area contributed by atoms with E-state index < -0.39 is 10.8 Å². The number of anilines is 1. The monoisotopic (exact) mass is 394 g/mol. The Hall–Kier alpha value is -3.22. The Morgan fingerprint density at radius 3 is 2.79 bits per heavy atom. The van der Waals surface area contributed by atoms with Crippen molar-refractivity contribution in [3.8, 4) is 0 Å². The van der Waals surface area contributed by atoms with Gasteiger partial charge in [0.05, 0.1) is 11.1 Å². The molecule has 2 aromatic rings. The summed E-state index contributed by atoms with van der Waals surface area (Å²) in [4.78, 5) is 24.9. The molecule has 0 saturated heterocycles. The highest BCUT2D eigenvalue weighted by atomic mass is 16.6. The summed E-state index contributed by atoms with van der Waals surface area (Å²) in [5, 5.41) is 14.9. The van der Waals surface area contributed by atoms with Crippen molar-refractivity contribution in [1.29, 1.82) is 0 Å². The number of nitro benzene ring substituents is 1. The van der Waals surface area contributed by atoms with Crippen LogP contribution in [0, 0.1) is 10.1 Å². The highest BCUT2D eigenvalue weighted by Crippen LogP contribution is 2.43. The largest absolute Gasteiger partial charge is 0.366 e. The molecule has 1 atom stereocenters. The molecule has 7 nitrogen and oxygen atoms in total. The molecule has 1 heterocycles. The molecule has 1 amide bonds. The first kappa shape index (κ1) is 20.5. The normalized spacial score (nSPS) is 17.8. The average molecular weight is 394 g/mol. The molecule has 0 radical (unpaired) electrons. The Morgan fingerprint density at radius 1 is 1.34 bits per heavy atom. The Kier molecular flexibility index (Phi) is 5.68. The van der Waals surface area contributed by atoms with Gasteiger partial charge in [-0.3, -0.25) is 14.9 Å². The fraction of sp³-hybridized carbons (Fsp3) is 0.364. The zero-order valence-corrected chi connectivity index (χ0v) is 17.2. The minimum atomic E-state index is -0.533. The van der Waals surface area contributed by atoms with Gasteiger partial charge in [-0.25, -0.2) is 5.43 Å². The van der Waals surface area contributed by atoms with Gasteiger partial charge in [0, 0.05) is 35.5 Å². The van der Waals surface area contributed by atoms with Crippen LogP contribution < -0.4 is 10.3 Å². The summed E-state index contributed by atoms with van der Waals surface area (Å²) < 4.78 is 0. The summed E-state index contributed by atoms with van der Waals surface area (Å²) in [5.74, 6) is -0.0641. The fourth-order valence-corrected chi connectivity index (χ4v) is 4.18. The van der Waals surface area contributed by atoms with E-state index >= 15 is 0 Å². The van der Waals surface area contributed by atoms with E-state index in [1.165, 1.54) is 35.5 Å². The first-order chi connectivity index (χ1) is 13.7. The van der Waals surface area contributed by atoms with Crippen molar-refractivity contribution in [2.75, 3.05) is 11.4 Å². The van der Waals surface area contributed by atoms with Crippen molar-refractivity contribution in [2.24, 2.45) is 5.10 Å². The van der Waals surface area contributed by atoms with E-state index in [4.69, 9.17) is 0 Å². The third-order valence-electron chi connectivity index (χ3n) is 5.42. The first-order valence-electron chi connectivity index (χ1n) is 9.72. The van der Waals surface area contributed by atoms with E-state index in [0.29, 0.717) is 5.92 Å². The number of carbonyl (C=O) groups excluding carboxylic acids is 1. The number of nitrogens with one attached hydrogen (secondary N) is 1. The van der Waals surface area contributed by atoms with Crippen LogP contribution in [0.15, 0.2) is 47.6 Å². The molecule has 0 saturated carbocycles. The number of carbonyl (C=O) groups is 1. The Balaban J connectivity index is 1.75. The van der Waals surface area contributed by atoms with Crippen molar-refractivity contribution < 1.29 is 9.72 Å². The van der Waals surface area contributed by atoms with Crippen LogP contribution >= 0.6 is 0 Å². The SMILES string of the molecule is CCN1c2ccc(/C=N/NC(=O)c3cccc([N+](=O)[O-])c3)cc2C(C)CC1(C)C. The summed E-state index contributed by atoms with van der Waals surface area (Å²) in [6, 6.07) is 11.8. The summed E-state index contributed by atoms with van der Waals surface area (Å²) in [7, 11) is 0. The van der Waals surface area contributed by atoms with Gasteiger partial charge in [-0.15, -0.1) is 0 Å². The quantitative estimate of drug-likeness (QED) is 0.460. The molecule has 0 aromatic heterocycles. The molecule has 1 aliphatic heterocycles. The van der Waals surface area contributed by atoms with E-state index in [2.05, 4.69) is 55.3 Å². The zero-order chi connectivity index (χ0) is 21.2. The zero-order valence-electron chi connectivity index (χ0n) is 17.2. The molecule has 3 rings (SSSR count). The van der Waals surface area contributed by atoms with E-state index in [1.54, 1.807) is 6.21 Å². The molecule has 1 aliphatic rings. The van der Waals surface area contributed by atoms with Gasteiger partial charge in [0.1, 0.15) is 0 Å². The van der Waals surface area contributed by atoms with Crippen LogP contribution in [0.5, 0.6) is 0 Å². The molecule has 0 spiro atoms. The minimum Gasteiger partial charge on any atom is -0.366 e. The lowest BCUT2D eigenvalue weighted by Gasteiger charge is -2.47. The number of non-ortho nitro benzene ring substituents is 1. The average Bonchev–Trinajstić information content (AvgIpc) is 2.68. The van der Waals surface area contributed by atoms with Crippen molar-refractivity contribution in [1.82, 2.24) is 5.43 Å². The van der Waals surface area contributed by atoms with Gasteiger partial charge in [0.25, 0.3) is 11.6 Å². The number of hydrazone groups is 1. The molecule has 0 fully saturated rings. The summed E-state index contributed by atoms with van der Waals surface area (Å²) >= 11 is 0. The number of amides is 1. The molecule has 7 heteroatoms. The molecule has 2 aromatic carbocycles. The van der Waals surface area contributed by atoms with Gasteiger partial charge in [0.2, 0.25) is 0 Å². The maximum atomic E-state index is 12.2. The highest BCUT2D eigenvalue weighted by Gasteiger charge is 2.35. The topological polar surface area (TPSA) is 87.8 Å². The summed E-state index contributed by atoms with van der Waals surface area (Å²) in [5.41, 5.74) is 6.03. The number of fused-ring (bicyclic) bond motifs is 1. The van der Waals surface area contributed by atoms with Crippen LogP contribution in [0.3, 0.4) is 0 Å². The second-order valence-corrected chi connectivity index (χ2v) is 7.99. The third-order valence-corrected chi connectivity index (χ3v) is 5.42. The van der Waals surface area contributed by atoms with Gasteiger partial charge in [-0.1, -0.05) is 19.1 Å². The Labute approximate surface area is 170 Å². The maximum Gasteiger partial charge on any atom is 0.271 e. The summed E-state index contributed by atoms with van der Waals surface area (Å²) in [6.07, 6.45) is 2.66. The summed E-state index contributed by atoms with van der Waals surface area (Å²) in [6.45, 7) is 9.89.